The maximum absolute atomic E-state index is 12.4. The van der Waals surface area contributed by atoms with Crippen LogP contribution in [0.15, 0.2) is 83.3 Å². The second-order valence-electron chi connectivity index (χ2n) is 6.19. The fraction of sp³-hybridized carbons (Fsp3) is 0.0833. The van der Waals surface area contributed by atoms with Gasteiger partial charge in [-0.15, -0.1) is 0 Å². The van der Waals surface area contributed by atoms with Crippen LogP contribution >= 0.6 is 15.9 Å². The van der Waals surface area contributed by atoms with Gasteiger partial charge in [-0.2, -0.15) is 0 Å². The van der Waals surface area contributed by atoms with Gasteiger partial charge in [0.15, 0.2) is 5.78 Å². The van der Waals surface area contributed by atoms with Gasteiger partial charge in [0.1, 0.15) is 12.4 Å². The van der Waals surface area contributed by atoms with Gasteiger partial charge in [0.05, 0.1) is 12.7 Å². The van der Waals surface area contributed by atoms with Crippen LogP contribution in [0, 0.1) is 0 Å². The fourth-order valence-electron chi connectivity index (χ4n) is 2.68. The van der Waals surface area contributed by atoms with Gasteiger partial charge in [-0.25, -0.2) is 4.79 Å². The van der Waals surface area contributed by atoms with Crippen molar-refractivity contribution in [2.45, 2.75) is 6.61 Å². The first-order chi connectivity index (χ1) is 14.1. The quantitative estimate of drug-likeness (QED) is 0.262. The number of ether oxygens (including phenoxy) is 2. The molecule has 0 atom stereocenters. The summed E-state index contributed by atoms with van der Waals surface area (Å²) >= 11 is 3.40. The molecule has 0 aliphatic heterocycles. The van der Waals surface area contributed by atoms with Crippen LogP contribution in [0.5, 0.6) is 5.75 Å². The van der Waals surface area contributed by atoms with E-state index in [1.54, 1.807) is 24.3 Å². The predicted molar refractivity (Wildman–Crippen MR) is 116 cm³/mol. The average molecular weight is 451 g/mol. The SMILES string of the molecule is COC(=O)c1ccc(COc2ccccc2C=CC(=O)c2ccccc2Br)cc1. The Morgan fingerprint density at radius 1 is 0.931 bits per heavy atom. The molecule has 3 aromatic rings. The number of halogens is 1. The lowest BCUT2D eigenvalue weighted by Crippen LogP contribution is -2.02. The molecule has 0 N–H and O–H groups in total. The summed E-state index contributed by atoms with van der Waals surface area (Å²) in [5.74, 6) is 0.203. The van der Waals surface area contributed by atoms with E-state index in [2.05, 4.69) is 15.9 Å². The molecule has 29 heavy (non-hydrogen) atoms. The Balaban J connectivity index is 1.70. The molecule has 0 bridgehead atoms. The van der Waals surface area contributed by atoms with E-state index in [1.165, 1.54) is 13.2 Å². The van der Waals surface area contributed by atoms with Crippen molar-refractivity contribution >= 4 is 33.8 Å². The zero-order valence-electron chi connectivity index (χ0n) is 15.8. The van der Waals surface area contributed by atoms with Crippen molar-refractivity contribution in [1.82, 2.24) is 0 Å². The number of para-hydroxylation sites is 1. The van der Waals surface area contributed by atoms with Gasteiger partial charge in [-0.1, -0.05) is 58.4 Å². The zero-order chi connectivity index (χ0) is 20.6. The van der Waals surface area contributed by atoms with Crippen molar-refractivity contribution in [1.29, 1.82) is 0 Å². The number of hydrogen-bond donors (Lipinski definition) is 0. The first-order valence-corrected chi connectivity index (χ1v) is 9.74. The third-order valence-corrected chi connectivity index (χ3v) is 4.93. The first-order valence-electron chi connectivity index (χ1n) is 8.94. The molecule has 0 amide bonds. The molecule has 0 saturated carbocycles. The van der Waals surface area contributed by atoms with Gasteiger partial charge in [-0.05, 0) is 48.0 Å². The normalized spacial score (nSPS) is 10.7. The molecule has 0 heterocycles. The largest absolute Gasteiger partial charge is 0.488 e. The minimum atomic E-state index is -0.373. The maximum Gasteiger partial charge on any atom is 0.337 e. The highest BCUT2D eigenvalue weighted by atomic mass is 79.9. The first kappa shape index (κ1) is 20.6. The summed E-state index contributed by atoms with van der Waals surface area (Å²) in [6, 6.07) is 21.9. The number of rotatable bonds is 7. The summed E-state index contributed by atoms with van der Waals surface area (Å²) in [6.45, 7) is 0.338. The van der Waals surface area contributed by atoms with Crippen LogP contribution in [-0.2, 0) is 11.3 Å². The van der Waals surface area contributed by atoms with Crippen molar-refractivity contribution in [2.24, 2.45) is 0 Å². The van der Waals surface area contributed by atoms with Gasteiger partial charge in [-0.3, -0.25) is 4.79 Å². The Bertz CT molecular complexity index is 1040. The van der Waals surface area contributed by atoms with E-state index in [1.807, 2.05) is 54.6 Å². The molecule has 4 nitrogen and oxygen atoms in total. The van der Waals surface area contributed by atoms with Crippen LogP contribution in [0.3, 0.4) is 0 Å². The van der Waals surface area contributed by atoms with Crippen LogP contribution in [0.1, 0.15) is 31.8 Å². The van der Waals surface area contributed by atoms with Gasteiger partial charge in [0, 0.05) is 15.6 Å². The summed E-state index contributed by atoms with van der Waals surface area (Å²) < 4.78 is 11.4. The number of carbonyl (C=O) groups excluding carboxylic acids is 2. The monoisotopic (exact) mass is 450 g/mol. The molecule has 0 aliphatic carbocycles. The maximum atomic E-state index is 12.4. The van der Waals surface area contributed by atoms with Crippen LogP contribution in [0.2, 0.25) is 0 Å². The smallest absolute Gasteiger partial charge is 0.337 e. The molecular formula is C24H19BrO4. The second kappa shape index (κ2) is 9.85. The number of hydrogen-bond acceptors (Lipinski definition) is 4. The summed E-state index contributed by atoms with van der Waals surface area (Å²) in [7, 11) is 1.35. The Morgan fingerprint density at radius 3 is 2.34 bits per heavy atom. The lowest BCUT2D eigenvalue weighted by Gasteiger charge is -2.10. The number of ketones is 1. The number of allylic oxidation sites excluding steroid dienone is 1. The van der Waals surface area contributed by atoms with Gasteiger partial charge < -0.3 is 9.47 Å². The molecule has 146 valence electrons. The Hall–Kier alpha value is -3.18. The van der Waals surface area contributed by atoms with Crippen LogP contribution in [0.25, 0.3) is 6.08 Å². The summed E-state index contributed by atoms with van der Waals surface area (Å²) in [6.07, 6.45) is 3.28. The van der Waals surface area contributed by atoms with E-state index < -0.39 is 0 Å². The molecule has 0 radical (unpaired) electrons. The molecule has 3 aromatic carbocycles. The highest BCUT2D eigenvalue weighted by molar-refractivity contribution is 9.10. The molecule has 0 fully saturated rings. The molecule has 0 aliphatic rings. The van der Waals surface area contributed by atoms with E-state index in [4.69, 9.17) is 9.47 Å². The van der Waals surface area contributed by atoms with Crippen LogP contribution in [0.4, 0.5) is 0 Å². The highest BCUT2D eigenvalue weighted by Gasteiger charge is 2.08. The van der Waals surface area contributed by atoms with Crippen molar-refractivity contribution in [3.8, 4) is 5.75 Å². The fourth-order valence-corrected chi connectivity index (χ4v) is 3.16. The van der Waals surface area contributed by atoms with Gasteiger partial charge in [0.2, 0.25) is 0 Å². The summed E-state index contributed by atoms with van der Waals surface area (Å²) in [4.78, 5) is 24.0. The topological polar surface area (TPSA) is 52.6 Å². The van der Waals surface area contributed by atoms with E-state index in [0.717, 1.165) is 15.6 Å². The molecule has 0 aromatic heterocycles. The van der Waals surface area contributed by atoms with Crippen LogP contribution < -0.4 is 4.74 Å². The van der Waals surface area contributed by atoms with Crippen molar-refractivity contribution in [2.75, 3.05) is 7.11 Å². The van der Waals surface area contributed by atoms with E-state index in [9.17, 15) is 9.59 Å². The lowest BCUT2D eigenvalue weighted by molar-refractivity contribution is 0.0600. The van der Waals surface area contributed by atoms with E-state index in [-0.39, 0.29) is 11.8 Å². The third kappa shape index (κ3) is 5.42. The van der Waals surface area contributed by atoms with Gasteiger partial charge in [0.25, 0.3) is 0 Å². The average Bonchev–Trinajstić information content (AvgIpc) is 2.76. The highest BCUT2D eigenvalue weighted by Crippen LogP contribution is 2.22. The third-order valence-electron chi connectivity index (χ3n) is 4.24. The standard InChI is InChI=1S/C24H19BrO4/c1-28-24(27)19-12-10-17(11-13-19)16-29-23-9-5-2-6-18(23)14-15-22(26)20-7-3-4-8-21(20)25/h2-15H,16H2,1H3. The molecule has 0 unspecified atom stereocenters. The Kier molecular flexibility index (Phi) is 6.98. The van der Waals surface area contributed by atoms with Crippen molar-refractivity contribution in [3.05, 3.63) is 106 Å². The number of benzene rings is 3. The van der Waals surface area contributed by atoms with Crippen molar-refractivity contribution < 1.29 is 19.1 Å². The number of esters is 1. The molecule has 0 spiro atoms. The summed E-state index contributed by atoms with van der Waals surface area (Å²) in [5, 5.41) is 0. The second-order valence-corrected chi connectivity index (χ2v) is 7.05. The Labute approximate surface area is 177 Å². The zero-order valence-corrected chi connectivity index (χ0v) is 17.4. The molecule has 3 rings (SSSR count). The molecule has 5 heteroatoms. The van der Waals surface area contributed by atoms with Crippen molar-refractivity contribution in [3.63, 3.8) is 0 Å². The van der Waals surface area contributed by atoms with E-state index >= 15 is 0 Å². The minimum absolute atomic E-state index is 0.0920. The summed E-state index contributed by atoms with van der Waals surface area (Å²) in [5.41, 5.74) is 2.82. The lowest BCUT2D eigenvalue weighted by atomic mass is 10.1. The minimum Gasteiger partial charge on any atom is -0.488 e. The predicted octanol–water partition coefficient (Wildman–Crippen LogP) is 5.71. The van der Waals surface area contributed by atoms with Gasteiger partial charge >= 0.3 is 5.97 Å². The number of methoxy groups -OCH3 is 1. The molecule has 0 saturated heterocycles. The number of carbonyl (C=O) groups is 2. The van der Waals surface area contributed by atoms with E-state index in [0.29, 0.717) is 23.5 Å². The van der Waals surface area contributed by atoms with Crippen LogP contribution in [-0.4, -0.2) is 18.9 Å². The molecular weight excluding hydrogens is 432 g/mol. The Morgan fingerprint density at radius 2 is 1.62 bits per heavy atom.